The van der Waals surface area contributed by atoms with Gasteiger partial charge in [-0.3, -0.25) is 4.79 Å². The molecule has 2 N–H and O–H groups in total. The number of hydrogen-bond donors (Lipinski definition) is 2. The van der Waals surface area contributed by atoms with Gasteiger partial charge in [-0.2, -0.15) is 0 Å². The monoisotopic (exact) mass is 374 g/mol. The average molecular weight is 374 g/mol. The minimum atomic E-state index is -0.101. The summed E-state index contributed by atoms with van der Waals surface area (Å²) in [5.74, 6) is 0.0739. The van der Waals surface area contributed by atoms with E-state index in [4.69, 9.17) is 5.21 Å². The lowest BCUT2D eigenvalue weighted by atomic mass is 9.97. The van der Waals surface area contributed by atoms with Crippen LogP contribution in [0.25, 0.3) is 0 Å². The lowest BCUT2D eigenvalue weighted by molar-refractivity contribution is 0.0733. The first-order valence-electron chi connectivity index (χ1n) is 6.01. The summed E-state index contributed by atoms with van der Waals surface area (Å²) in [5, 5.41) is 21.7. The standard InChI is InChI=1S/C13H15IN2O3/c1-8-7-16(5-4-11(8)15-19)13(18)9-2-3-10(14)12(17)6-9/h2-3,6,8,17,19H,4-5,7H2,1H3/b15-11+. The third kappa shape index (κ3) is 2.99. The zero-order chi connectivity index (χ0) is 14.0. The number of hydrogen-bond acceptors (Lipinski definition) is 4. The fraction of sp³-hybridized carbons (Fsp3) is 0.385. The lowest BCUT2D eigenvalue weighted by Gasteiger charge is -2.31. The van der Waals surface area contributed by atoms with Crippen molar-refractivity contribution in [3.05, 3.63) is 27.3 Å². The molecule has 5 nitrogen and oxygen atoms in total. The summed E-state index contributed by atoms with van der Waals surface area (Å²) in [6, 6.07) is 4.92. The fourth-order valence-electron chi connectivity index (χ4n) is 2.18. The molecule has 1 atom stereocenters. The van der Waals surface area contributed by atoms with Gasteiger partial charge in [-0.1, -0.05) is 12.1 Å². The molecule has 102 valence electrons. The number of oxime groups is 1. The average Bonchev–Trinajstić information content (AvgIpc) is 2.41. The summed E-state index contributed by atoms with van der Waals surface area (Å²) in [5.41, 5.74) is 1.21. The highest BCUT2D eigenvalue weighted by Crippen LogP contribution is 2.23. The minimum absolute atomic E-state index is 0.0557. The van der Waals surface area contributed by atoms with Crippen LogP contribution >= 0.6 is 22.6 Å². The molecule has 0 saturated carbocycles. The van der Waals surface area contributed by atoms with Crippen LogP contribution in [0, 0.1) is 9.49 Å². The summed E-state index contributed by atoms with van der Waals surface area (Å²) in [6.07, 6.45) is 0.583. The van der Waals surface area contributed by atoms with Gasteiger partial charge >= 0.3 is 0 Å². The zero-order valence-corrected chi connectivity index (χ0v) is 12.7. The van der Waals surface area contributed by atoms with Gasteiger partial charge in [0.05, 0.1) is 9.28 Å². The van der Waals surface area contributed by atoms with Gasteiger partial charge < -0.3 is 15.2 Å². The first-order valence-corrected chi connectivity index (χ1v) is 7.09. The highest BCUT2D eigenvalue weighted by atomic mass is 127. The number of benzene rings is 1. The van der Waals surface area contributed by atoms with Crippen LogP contribution in [0.1, 0.15) is 23.7 Å². The summed E-state index contributed by atoms with van der Waals surface area (Å²) < 4.78 is 0.718. The van der Waals surface area contributed by atoms with Crippen molar-refractivity contribution in [3.63, 3.8) is 0 Å². The molecule has 1 amide bonds. The van der Waals surface area contributed by atoms with Crippen LogP contribution < -0.4 is 0 Å². The van der Waals surface area contributed by atoms with E-state index < -0.39 is 0 Å². The van der Waals surface area contributed by atoms with Crippen molar-refractivity contribution in [3.8, 4) is 5.75 Å². The Bertz CT molecular complexity index is 531. The molecule has 19 heavy (non-hydrogen) atoms. The van der Waals surface area contributed by atoms with Crippen LogP contribution in [0.4, 0.5) is 0 Å². The molecule has 2 rings (SSSR count). The molecule has 0 radical (unpaired) electrons. The number of nitrogens with zero attached hydrogens (tertiary/aromatic N) is 2. The SMILES string of the molecule is CC1CN(C(=O)c2ccc(I)c(O)c2)CC/C1=N\O. The Hall–Kier alpha value is -1.31. The molecule has 6 heteroatoms. The predicted molar refractivity (Wildman–Crippen MR) is 79.7 cm³/mol. The van der Waals surface area contributed by atoms with Crippen molar-refractivity contribution < 1.29 is 15.1 Å². The molecule has 1 aromatic rings. The number of phenols is 1. The number of rotatable bonds is 1. The molecule has 1 heterocycles. The number of amides is 1. The van der Waals surface area contributed by atoms with Gasteiger partial charge in [0.25, 0.3) is 5.91 Å². The van der Waals surface area contributed by atoms with Crippen molar-refractivity contribution in [2.75, 3.05) is 13.1 Å². The fourth-order valence-corrected chi connectivity index (χ4v) is 2.52. The van der Waals surface area contributed by atoms with E-state index in [2.05, 4.69) is 5.16 Å². The number of aromatic hydroxyl groups is 1. The Morgan fingerprint density at radius 3 is 2.84 bits per heavy atom. The zero-order valence-electron chi connectivity index (χ0n) is 10.5. The van der Waals surface area contributed by atoms with E-state index in [9.17, 15) is 9.90 Å². The topological polar surface area (TPSA) is 73.1 Å². The molecule has 0 spiro atoms. The van der Waals surface area contributed by atoms with Crippen molar-refractivity contribution in [1.29, 1.82) is 0 Å². The summed E-state index contributed by atoms with van der Waals surface area (Å²) in [7, 11) is 0. The number of phenolic OH excluding ortho intramolecular Hbond substituents is 1. The molecule has 0 aromatic heterocycles. The van der Waals surface area contributed by atoms with E-state index in [1.54, 1.807) is 17.0 Å². The highest BCUT2D eigenvalue weighted by molar-refractivity contribution is 14.1. The molecule has 1 fully saturated rings. The molecular formula is C13H15IN2O3. The number of likely N-dealkylation sites (tertiary alicyclic amines) is 1. The number of carbonyl (C=O) groups is 1. The van der Waals surface area contributed by atoms with E-state index in [0.717, 1.165) is 9.28 Å². The van der Waals surface area contributed by atoms with Crippen molar-refractivity contribution in [1.82, 2.24) is 4.90 Å². The molecule has 1 aliphatic rings. The van der Waals surface area contributed by atoms with Crippen LogP contribution in [0.5, 0.6) is 5.75 Å². The largest absolute Gasteiger partial charge is 0.507 e. The van der Waals surface area contributed by atoms with Gasteiger partial charge in [-0.05, 0) is 40.8 Å². The number of piperidine rings is 1. The van der Waals surface area contributed by atoms with Gasteiger partial charge in [0, 0.05) is 31.0 Å². The summed E-state index contributed by atoms with van der Waals surface area (Å²) in [4.78, 5) is 14.0. The first kappa shape index (κ1) is 14.1. The van der Waals surface area contributed by atoms with Crippen LogP contribution in [0.2, 0.25) is 0 Å². The molecule has 1 saturated heterocycles. The number of carbonyl (C=O) groups excluding carboxylic acids is 1. The third-order valence-electron chi connectivity index (χ3n) is 3.31. The molecule has 1 unspecified atom stereocenters. The van der Waals surface area contributed by atoms with Gasteiger partial charge in [0.2, 0.25) is 0 Å². The molecule has 0 bridgehead atoms. The van der Waals surface area contributed by atoms with E-state index in [0.29, 0.717) is 25.1 Å². The Morgan fingerprint density at radius 1 is 1.53 bits per heavy atom. The molecule has 1 aliphatic heterocycles. The maximum absolute atomic E-state index is 12.3. The number of halogens is 1. The maximum atomic E-state index is 12.3. The van der Waals surface area contributed by atoms with Crippen molar-refractivity contribution in [2.24, 2.45) is 11.1 Å². The van der Waals surface area contributed by atoms with Crippen LogP contribution in [0.15, 0.2) is 23.4 Å². The molecular weight excluding hydrogens is 359 g/mol. The Labute approximate surface area is 125 Å². The van der Waals surface area contributed by atoms with Crippen molar-refractivity contribution >= 4 is 34.2 Å². The second kappa shape index (κ2) is 5.77. The minimum Gasteiger partial charge on any atom is -0.507 e. The Balaban J connectivity index is 2.14. The first-order chi connectivity index (χ1) is 9.02. The van der Waals surface area contributed by atoms with E-state index >= 15 is 0 Å². The third-order valence-corrected chi connectivity index (χ3v) is 4.22. The van der Waals surface area contributed by atoms with E-state index in [-0.39, 0.29) is 17.6 Å². The van der Waals surface area contributed by atoms with Crippen LogP contribution in [-0.2, 0) is 0 Å². The summed E-state index contributed by atoms with van der Waals surface area (Å²) >= 11 is 2.01. The van der Waals surface area contributed by atoms with Crippen LogP contribution in [0.3, 0.4) is 0 Å². The second-order valence-electron chi connectivity index (χ2n) is 4.66. The quantitative estimate of drug-likeness (QED) is 0.450. The maximum Gasteiger partial charge on any atom is 0.254 e. The molecule has 0 aliphatic carbocycles. The highest BCUT2D eigenvalue weighted by Gasteiger charge is 2.26. The smallest absolute Gasteiger partial charge is 0.254 e. The van der Waals surface area contributed by atoms with Crippen molar-refractivity contribution in [2.45, 2.75) is 13.3 Å². The Morgan fingerprint density at radius 2 is 2.26 bits per heavy atom. The normalized spacial score (nSPS) is 21.7. The lowest BCUT2D eigenvalue weighted by Crippen LogP contribution is -2.43. The summed E-state index contributed by atoms with van der Waals surface area (Å²) in [6.45, 7) is 3.00. The van der Waals surface area contributed by atoms with E-state index in [1.807, 2.05) is 29.5 Å². The van der Waals surface area contributed by atoms with Crippen LogP contribution in [-0.4, -0.2) is 39.9 Å². The van der Waals surface area contributed by atoms with Gasteiger partial charge in [0.1, 0.15) is 5.75 Å². The van der Waals surface area contributed by atoms with Gasteiger partial charge in [-0.25, -0.2) is 0 Å². The second-order valence-corrected chi connectivity index (χ2v) is 5.82. The molecule has 1 aromatic carbocycles. The Kier molecular flexibility index (Phi) is 4.28. The van der Waals surface area contributed by atoms with E-state index in [1.165, 1.54) is 6.07 Å². The predicted octanol–water partition coefficient (Wildman–Crippen LogP) is 2.31. The van der Waals surface area contributed by atoms with Gasteiger partial charge in [-0.15, -0.1) is 0 Å². The van der Waals surface area contributed by atoms with Gasteiger partial charge in [0.15, 0.2) is 0 Å².